The lowest BCUT2D eigenvalue weighted by molar-refractivity contribution is 0.414. The first-order valence-electron chi connectivity index (χ1n) is 5.41. The third kappa shape index (κ3) is 3.00. The lowest BCUT2D eigenvalue weighted by atomic mass is 10.3. The third-order valence-electron chi connectivity index (χ3n) is 2.42. The van der Waals surface area contributed by atoms with Crippen LogP contribution in [0.4, 0.5) is 10.2 Å². The van der Waals surface area contributed by atoms with E-state index >= 15 is 0 Å². The summed E-state index contributed by atoms with van der Waals surface area (Å²) in [5.74, 6) is -0.801. The molecule has 0 amide bonds. The van der Waals surface area contributed by atoms with Crippen LogP contribution in [0.25, 0.3) is 0 Å². The van der Waals surface area contributed by atoms with E-state index in [0.29, 0.717) is 5.75 Å². The highest BCUT2D eigenvalue weighted by molar-refractivity contribution is 7.92. The topological polar surface area (TPSA) is 68.3 Å². The summed E-state index contributed by atoms with van der Waals surface area (Å²) >= 11 is 5.86. The maximum absolute atomic E-state index is 13.4. The van der Waals surface area contributed by atoms with Crippen molar-refractivity contribution in [3.8, 4) is 5.75 Å². The Hall–Kier alpha value is -1.86. The van der Waals surface area contributed by atoms with Gasteiger partial charge < -0.3 is 4.74 Å². The molecule has 0 fully saturated rings. The first-order valence-corrected chi connectivity index (χ1v) is 7.27. The van der Waals surface area contributed by atoms with Gasteiger partial charge in [0.15, 0.2) is 11.6 Å². The minimum absolute atomic E-state index is 0.117. The zero-order valence-electron chi connectivity index (χ0n) is 10.3. The molecule has 5 nitrogen and oxygen atoms in total. The number of ether oxygens (including phenoxy) is 1. The fourth-order valence-electron chi connectivity index (χ4n) is 1.46. The maximum atomic E-state index is 13.4. The second-order valence-corrected chi connectivity index (χ2v) is 5.83. The van der Waals surface area contributed by atoms with Gasteiger partial charge in [0.25, 0.3) is 10.0 Å². The van der Waals surface area contributed by atoms with Gasteiger partial charge in [-0.1, -0.05) is 11.6 Å². The van der Waals surface area contributed by atoms with Crippen LogP contribution in [0.2, 0.25) is 5.02 Å². The normalized spacial score (nSPS) is 11.2. The smallest absolute Gasteiger partial charge is 0.263 e. The number of rotatable bonds is 4. The summed E-state index contributed by atoms with van der Waals surface area (Å²) < 4.78 is 44.6. The zero-order chi connectivity index (χ0) is 14.8. The standard InChI is InChI=1S/C12H10ClFN2O3S/c1-19-11-5-4-8(7-9(11)13)20(17,18)16-12-10(14)3-2-6-15-12/h2-7H,1H3,(H,15,16). The minimum Gasteiger partial charge on any atom is -0.495 e. The number of halogens is 2. The summed E-state index contributed by atoms with van der Waals surface area (Å²) in [6.07, 6.45) is 1.28. The molecular formula is C12H10ClFN2O3S. The van der Waals surface area contributed by atoms with Crippen LogP contribution in [0, 0.1) is 5.82 Å². The molecule has 1 N–H and O–H groups in total. The van der Waals surface area contributed by atoms with Gasteiger partial charge in [0.05, 0.1) is 17.0 Å². The molecule has 106 valence electrons. The highest BCUT2D eigenvalue weighted by Crippen LogP contribution is 2.27. The summed E-state index contributed by atoms with van der Waals surface area (Å²) in [5, 5.41) is 0.136. The molecule has 1 heterocycles. The molecule has 0 spiro atoms. The number of anilines is 1. The van der Waals surface area contributed by atoms with Gasteiger partial charge in [0, 0.05) is 6.20 Å². The summed E-state index contributed by atoms with van der Waals surface area (Å²) in [5.41, 5.74) is 0. The number of methoxy groups -OCH3 is 1. The number of sulfonamides is 1. The van der Waals surface area contributed by atoms with Gasteiger partial charge in [0.1, 0.15) is 5.75 Å². The Balaban J connectivity index is 2.36. The Morgan fingerprint density at radius 2 is 2.10 bits per heavy atom. The number of benzene rings is 1. The summed E-state index contributed by atoms with van der Waals surface area (Å²) in [6, 6.07) is 6.38. The van der Waals surface area contributed by atoms with Crippen molar-refractivity contribution >= 4 is 27.4 Å². The molecule has 0 saturated carbocycles. The summed E-state index contributed by atoms with van der Waals surface area (Å²) in [4.78, 5) is 3.50. The molecule has 1 aromatic carbocycles. The lowest BCUT2D eigenvalue weighted by Gasteiger charge is -2.09. The van der Waals surface area contributed by atoms with Crippen LogP contribution in [0.3, 0.4) is 0 Å². The molecule has 0 unspecified atom stereocenters. The number of nitrogens with one attached hydrogen (secondary N) is 1. The number of hydrogen-bond acceptors (Lipinski definition) is 4. The van der Waals surface area contributed by atoms with E-state index in [2.05, 4.69) is 9.71 Å². The number of aromatic nitrogens is 1. The van der Waals surface area contributed by atoms with Crippen molar-refractivity contribution in [1.82, 2.24) is 4.98 Å². The fourth-order valence-corrected chi connectivity index (χ4v) is 2.83. The molecular weight excluding hydrogens is 307 g/mol. The first-order chi connectivity index (χ1) is 9.44. The molecule has 0 saturated heterocycles. The SMILES string of the molecule is COc1ccc(S(=O)(=O)Nc2ncccc2F)cc1Cl. The molecule has 0 atom stereocenters. The molecule has 0 radical (unpaired) electrons. The fraction of sp³-hybridized carbons (Fsp3) is 0.0833. The van der Waals surface area contributed by atoms with E-state index in [-0.39, 0.29) is 15.7 Å². The van der Waals surface area contributed by atoms with E-state index in [9.17, 15) is 12.8 Å². The molecule has 2 rings (SSSR count). The van der Waals surface area contributed by atoms with E-state index < -0.39 is 15.8 Å². The lowest BCUT2D eigenvalue weighted by Crippen LogP contribution is -2.15. The van der Waals surface area contributed by atoms with E-state index in [1.807, 2.05) is 0 Å². The Bertz CT molecular complexity index is 737. The first kappa shape index (κ1) is 14.5. The van der Waals surface area contributed by atoms with Gasteiger partial charge in [-0.15, -0.1) is 0 Å². The highest BCUT2D eigenvalue weighted by Gasteiger charge is 2.18. The van der Waals surface area contributed by atoms with Crippen molar-refractivity contribution in [2.24, 2.45) is 0 Å². The quantitative estimate of drug-likeness (QED) is 0.941. The van der Waals surface area contributed by atoms with Gasteiger partial charge in [-0.2, -0.15) is 0 Å². The molecule has 2 aromatic rings. The molecule has 0 bridgehead atoms. The molecule has 0 aliphatic rings. The average molecular weight is 317 g/mol. The predicted molar refractivity (Wildman–Crippen MR) is 73.0 cm³/mol. The average Bonchev–Trinajstić information content (AvgIpc) is 2.41. The van der Waals surface area contributed by atoms with E-state index in [1.54, 1.807) is 0 Å². The Morgan fingerprint density at radius 3 is 2.70 bits per heavy atom. The van der Waals surface area contributed by atoms with Crippen molar-refractivity contribution < 1.29 is 17.5 Å². The largest absolute Gasteiger partial charge is 0.495 e. The van der Waals surface area contributed by atoms with Crippen LogP contribution in [0.5, 0.6) is 5.75 Å². The van der Waals surface area contributed by atoms with Gasteiger partial charge in [-0.3, -0.25) is 4.72 Å². The monoisotopic (exact) mass is 316 g/mol. The Kier molecular flexibility index (Phi) is 4.10. The van der Waals surface area contributed by atoms with Gasteiger partial charge in [0.2, 0.25) is 0 Å². The van der Waals surface area contributed by atoms with Crippen LogP contribution in [-0.4, -0.2) is 20.5 Å². The number of nitrogens with zero attached hydrogens (tertiary/aromatic N) is 1. The highest BCUT2D eigenvalue weighted by atomic mass is 35.5. The van der Waals surface area contributed by atoms with Crippen molar-refractivity contribution in [3.05, 3.63) is 47.4 Å². The van der Waals surface area contributed by atoms with Crippen LogP contribution in [0.15, 0.2) is 41.4 Å². The van der Waals surface area contributed by atoms with Crippen LogP contribution in [0.1, 0.15) is 0 Å². The predicted octanol–water partition coefficient (Wildman–Crippen LogP) is 2.68. The van der Waals surface area contributed by atoms with Gasteiger partial charge >= 0.3 is 0 Å². The maximum Gasteiger partial charge on any atom is 0.263 e. The van der Waals surface area contributed by atoms with E-state index in [4.69, 9.17) is 16.3 Å². The Labute approximate surface area is 120 Å². The van der Waals surface area contributed by atoms with Crippen LogP contribution >= 0.6 is 11.6 Å². The Morgan fingerprint density at radius 1 is 1.35 bits per heavy atom. The second kappa shape index (κ2) is 5.64. The molecule has 8 heteroatoms. The summed E-state index contributed by atoms with van der Waals surface area (Å²) in [7, 11) is -2.56. The van der Waals surface area contributed by atoms with Crippen molar-refractivity contribution in [1.29, 1.82) is 0 Å². The van der Waals surface area contributed by atoms with Crippen molar-refractivity contribution in [2.45, 2.75) is 4.90 Å². The minimum atomic E-state index is -3.98. The molecule has 0 aliphatic carbocycles. The summed E-state index contributed by atoms with van der Waals surface area (Å²) in [6.45, 7) is 0. The van der Waals surface area contributed by atoms with Crippen molar-refractivity contribution in [2.75, 3.05) is 11.8 Å². The van der Waals surface area contributed by atoms with Gasteiger partial charge in [-0.25, -0.2) is 17.8 Å². The number of hydrogen-bond donors (Lipinski definition) is 1. The number of pyridine rings is 1. The van der Waals surface area contributed by atoms with E-state index in [0.717, 1.165) is 6.07 Å². The zero-order valence-corrected chi connectivity index (χ0v) is 11.9. The van der Waals surface area contributed by atoms with E-state index in [1.165, 1.54) is 37.6 Å². The molecule has 20 heavy (non-hydrogen) atoms. The van der Waals surface area contributed by atoms with Gasteiger partial charge in [-0.05, 0) is 30.3 Å². The van der Waals surface area contributed by atoms with Crippen molar-refractivity contribution in [3.63, 3.8) is 0 Å². The van der Waals surface area contributed by atoms with Crippen LogP contribution < -0.4 is 9.46 Å². The molecule has 1 aromatic heterocycles. The second-order valence-electron chi connectivity index (χ2n) is 3.74. The van der Waals surface area contributed by atoms with Crippen LogP contribution in [-0.2, 0) is 10.0 Å². The third-order valence-corrected chi connectivity index (χ3v) is 4.06. The molecule has 0 aliphatic heterocycles.